The van der Waals surface area contributed by atoms with E-state index in [1.54, 1.807) is 18.4 Å². The van der Waals surface area contributed by atoms with Crippen LogP contribution in [0.5, 0.6) is 0 Å². The number of aromatic nitrogens is 3. The molecular weight excluding hydrogens is 461 g/mol. The van der Waals surface area contributed by atoms with E-state index in [2.05, 4.69) is 31.0 Å². The van der Waals surface area contributed by atoms with Crippen LogP contribution in [0.2, 0.25) is 0 Å². The second kappa shape index (κ2) is 11.4. The van der Waals surface area contributed by atoms with Crippen molar-refractivity contribution in [2.24, 2.45) is 4.99 Å². The van der Waals surface area contributed by atoms with E-state index in [4.69, 9.17) is 4.98 Å². The van der Waals surface area contributed by atoms with Crippen molar-refractivity contribution in [2.75, 3.05) is 38.1 Å². The molecule has 0 amide bonds. The van der Waals surface area contributed by atoms with E-state index >= 15 is 0 Å². The lowest BCUT2D eigenvalue weighted by Gasteiger charge is -2.12. The maximum atomic E-state index is 4.75. The zero-order valence-corrected chi connectivity index (χ0v) is 18.4. The minimum Gasteiger partial charge on any atom is -0.356 e. The van der Waals surface area contributed by atoms with E-state index in [0.717, 1.165) is 57.2 Å². The molecule has 9 heteroatoms. The second-order valence-electron chi connectivity index (χ2n) is 6.11. The monoisotopic (exact) mass is 489 g/mol. The lowest BCUT2D eigenvalue weighted by molar-refractivity contribution is 0.570. The third-order valence-electron chi connectivity index (χ3n) is 4.23. The van der Waals surface area contributed by atoms with Gasteiger partial charge in [-0.2, -0.15) is 5.10 Å². The van der Waals surface area contributed by atoms with Gasteiger partial charge in [-0.1, -0.05) is 0 Å². The van der Waals surface area contributed by atoms with Crippen LogP contribution in [-0.2, 0) is 13.0 Å². The van der Waals surface area contributed by atoms with Crippen molar-refractivity contribution in [3.63, 3.8) is 0 Å². The second-order valence-corrected chi connectivity index (χ2v) is 6.95. The van der Waals surface area contributed by atoms with E-state index in [-0.39, 0.29) is 24.0 Å². The number of nitrogens with zero attached hydrogens (tertiary/aromatic N) is 5. The lowest BCUT2D eigenvalue weighted by Crippen LogP contribution is -2.39. The molecular formula is C17H28IN7S. The number of thiazole rings is 1. The third-order valence-corrected chi connectivity index (χ3v) is 5.18. The molecule has 0 spiro atoms. The van der Waals surface area contributed by atoms with E-state index in [0.29, 0.717) is 0 Å². The fourth-order valence-corrected chi connectivity index (χ4v) is 3.79. The molecule has 0 aromatic carbocycles. The highest BCUT2D eigenvalue weighted by Gasteiger charge is 2.15. The normalized spacial score (nSPS) is 14.3. The molecule has 2 N–H and O–H groups in total. The highest BCUT2D eigenvalue weighted by atomic mass is 127. The number of guanidine groups is 1. The number of rotatable bonds is 8. The SMILES string of the molecule is CN=C(NCCCn1cccn1)NCCc1csc(N2CCCC2)n1.I. The van der Waals surface area contributed by atoms with Crippen LogP contribution in [0.1, 0.15) is 25.0 Å². The lowest BCUT2D eigenvalue weighted by atomic mass is 10.3. The van der Waals surface area contributed by atoms with Crippen LogP contribution in [0.25, 0.3) is 0 Å². The molecule has 1 aliphatic rings. The number of anilines is 1. The number of aryl methyl sites for hydroxylation is 1. The van der Waals surface area contributed by atoms with Crippen molar-refractivity contribution in [2.45, 2.75) is 32.2 Å². The number of hydrogen-bond acceptors (Lipinski definition) is 5. The van der Waals surface area contributed by atoms with E-state index < -0.39 is 0 Å². The van der Waals surface area contributed by atoms with Crippen molar-refractivity contribution in [3.05, 3.63) is 29.5 Å². The topological polar surface area (TPSA) is 70.4 Å². The van der Waals surface area contributed by atoms with Gasteiger partial charge in [-0.05, 0) is 25.3 Å². The molecule has 0 saturated carbocycles. The van der Waals surface area contributed by atoms with E-state index in [1.165, 1.54) is 18.0 Å². The molecule has 3 heterocycles. The summed E-state index contributed by atoms with van der Waals surface area (Å²) in [5.74, 6) is 0.843. The summed E-state index contributed by atoms with van der Waals surface area (Å²) in [4.78, 5) is 11.4. The average molecular weight is 489 g/mol. The number of halogens is 1. The molecule has 2 aromatic rings. The fraction of sp³-hybridized carbons (Fsp3) is 0.588. The molecule has 0 atom stereocenters. The van der Waals surface area contributed by atoms with Gasteiger partial charge < -0.3 is 15.5 Å². The van der Waals surface area contributed by atoms with Gasteiger partial charge in [-0.25, -0.2) is 4.98 Å². The Labute approximate surface area is 176 Å². The Balaban J connectivity index is 0.00000243. The maximum absolute atomic E-state index is 4.75. The number of hydrogen-bond donors (Lipinski definition) is 2. The fourth-order valence-electron chi connectivity index (χ4n) is 2.87. The van der Waals surface area contributed by atoms with Crippen LogP contribution >= 0.6 is 35.3 Å². The first-order valence-electron chi connectivity index (χ1n) is 8.96. The molecule has 0 aliphatic carbocycles. The van der Waals surface area contributed by atoms with Crippen molar-refractivity contribution in [1.29, 1.82) is 0 Å². The molecule has 3 rings (SSSR count). The first kappa shape index (κ1) is 20.9. The predicted molar refractivity (Wildman–Crippen MR) is 119 cm³/mol. The Morgan fingerprint density at radius 3 is 2.81 bits per heavy atom. The molecule has 0 bridgehead atoms. The molecule has 7 nitrogen and oxygen atoms in total. The Hall–Kier alpha value is -1.36. The van der Waals surface area contributed by atoms with Crippen molar-refractivity contribution < 1.29 is 0 Å². The summed E-state index contributed by atoms with van der Waals surface area (Å²) in [5.41, 5.74) is 1.16. The zero-order valence-electron chi connectivity index (χ0n) is 15.2. The Kier molecular flexibility index (Phi) is 9.16. The molecule has 144 valence electrons. The molecule has 1 aliphatic heterocycles. The van der Waals surface area contributed by atoms with Gasteiger partial charge in [0, 0.05) is 64.0 Å². The first-order chi connectivity index (χ1) is 12.3. The molecule has 1 saturated heterocycles. The molecule has 26 heavy (non-hydrogen) atoms. The summed E-state index contributed by atoms with van der Waals surface area (Å²) in [7, 11) is 1.80. The summed E-state index contributed by atoms with van der Waals surface area (Å²) in [6.45, 7) is 4.92. The summed E-state index contributed by atoms with van der Waals surface area (Å²) >= 11 is 1.76. The van der Waals surface area contributed by atoms with E-state index in [9.17, 15) is 0 Å². The standard InChI is InChI=1S/C17H27N7S.HI/c1-18-16(19-7-4-12-24-13-5-8-21-24)20-9-6-15-14-25-17(22-15)23-10-2-3-11-23;/h5,8,13-14H,2-4,6-7,9-12H2,1H3,(H2,18,19,20);1H. The van der Waals surface area contributed by atoms with Gasteiger partial charge in [-0.15, -0.1) is 35.3 Å². The Morgan fingerprint density at radius 2 is 2.08 bits per heavy atom. The van der Waals surface area contributed by atoms with Gasteiger partial charge in [-0.3, -0.25) is 9.67 Å². The van der Waals surface area contributed by atoms with Crippen LogP contribution < -0.4 is 15.5 Å². The van der Waals surface area contributed by atoms with Crippen molar-refractivity contribution in [3.8, 4) is 0 Å². The Bertz CT molecular complexity index is 650. The van der Waals surface area contributed by atoms with Gasteiger partial charge in [0.15, 0.2) is 11.1 Å². The summed E-state index contributed by atoms with van der Waals surface area (Å²) in [6, 6.07) is 1.95. The van der Waals surface area contributed by atoms with Crippen molar-refractivity contribution in [1.82, 2.24) is 25.4 Å². The molecule has 0 unspecified atom stereocenters. The van der Waals surface area contributed by atoms with Gasteiger partial charge >= 0.3 is 0 Å². The van der Waals surface area contributed by atoms with Crippen LogP contribution in [0.15, 0.2) is 28.8 Å². The summed E-state index contributed by atoms with van der Waals surface area (Å²) in [5, 5.41) is 14.2. The quantitative estimate of drug-likeness (QED) is 0.258. The predicted octanol–water partition coefficient (Wildman–Crippen LogP) is 2.36. The van der Waals surface area contributed by atoms with Crippen LogP contribution in [0.3, 0.4) is 0 Å². The van der Waals surface area contributed by atoms with Gasteiger partial charge in [0.05, 0.1) is 5.69 Å². The summed E-state index contributed by atoms with van der Waals surface area (Å²) < 4.78 is 1.94. The largest absolute Gasteiger partial charge is 0.356 e. The maximum Gasteiger partial charge on any atom is 0.190 e. The highest BCUT2D eigenvalue weighted by molar-refractivity contribution is 14.0. The van der Waals surface area contributed by atoms with E-state index in [1.807, 2.05) is 23.1 Å². The minimum atomic E-state index is 0. The van der Waals surface area contributed by atoms with Gasteiger partial charge in [0.1, 0.15) is 0 Å². The van der Waals surface area contributed by atoms with Crippen LogP contribution in [0, 0.1) is 0 Å². The smallest absolute Gasteiger partial charge is 0.190 e. The van der Waals surface area contributed by atoms with Crippen molar-refractivity contribution >= 4 is 46.4 Å². The minimum absolute atomic E-state index is 0. The number of aliphatic imine (C=N–C) groups is 1. The van der Waals surface area contributed by atoms with Gasteiger partial charge in [0.25, 0.3) is 0 Å². The third kappa shape index (κ3) is 6.42. The number of nitrogens with one attached hydrogen (secondary N) is 2. The molecule has 1 fully saturated rings. The van der Waals surface area contributed by atoms with Crippen LogP contribution in [-0.4, -0.2) is 54.0 Å². The first-order valence-corrected chi connectivity index (χ1v) is 9.84. The molecule has 0 radical (unpaired) electrons. The Morgan fingerprint density at radius 1 is 1.27 bits per heavy atom. The van der Waals surface area contributed by atoms with Crippen LogP contribution in [0.4, 0.5) is 5.13 Å². The van der Waals surface area contributed by atoms with Gasteiger partial charge in [0.2, 0.25) is 0 Å². The summed E-state index contributed by atoms with van der Waals surface area (Å²) in [6.07, 6.45) is 8.29. The molecule has 2 aromatic heterocycles. The zero-order chi connectivity index (χ0) is 17.3. The average Bonchev–Trinajstić information content (AvgIpc) is 3.39. The highest BCUT2D eigenvalue weighted by Crippen LogP contribution is 2.24.